The van der Waals surface area contributed by atoms with Crippen LogP contribution in [0.3, 0.4) is 0 Å². The maximum Gasteiger partial charge on any atom is 0.159 e. The molecule has 0 bridgehead atoms. The van der Waals surface area contributed by atoms with Crippen molar-refractivity contribution >= 4 is 0 Å². The summed E-state index contributed by atoms with van der Waals surface area (Å²) in [6.45, 7) is 5.75. The van der Waals surface area contributed by atoms with Crippen LogP contribution in [0.1, 0.15) is 42.6 Å². The van der Waals surface area contributed by atoms with Gasteiger partial charge in [-0.2, -0.15) is 0 Å². The molecule has 21 heavy (non-hydrogen) atoms. The molecule has 0 aliphatic carbocycles. The molecule has 2 aromatic rings. The zero-order valence-electron chi connectivity index (χ0n) is 12.3. The Hall–Kier alpha value is -1.94. The lowest BCUT2D eigenvalue weighted by atomic mass is 10.0. The molecule has 0 radical (unpaired) electrons. The normalized spacial score (nSPS) is 14.0. The lowest BCUT2D eigenvalue weighted by molar-refractivity contribution is 0.436. The molecule has 2 N–H and O–H groups in total. The second-order valence-corrected chi connectivity index (χ2v) is 5.35. The number of aromatic hydroxyl groups is 1. The fourth-order valence-corrected chi connectivity index (χ4v) is 2.36. The summed E-state index contributed by atoms with van der Waals surface area (Å²) >= 11 is 0. The van der Waals surface area contributed by atoms with Crippen molar-refractivity contribution in [2.45, 2.75) is 32.9 Å². The third-order valence-corrected chi connectivity index (χ3v) is 3.59. The standard InChI is InChI=1S/C17H19F2NO/c1-10-4-7-17(21)14(8-10)12(3)20-11(2)13-5-6-15(18)16(19)9-13/h4-9,11-12,20-21H,1-3H3. The topological polar surface area (TPSA) is 32.3 Å². The van der Waals surface area contributed by atoms with Crippen molar-refractivity contribution in [3.05, 3.63) is 64.7 Å². The second kappa shape index (κ2) is 6.22. The van der Waals surface area contributed by atoms with Crippen LogP contribution in [0.25, 0.3) is 0 Å². The average molecular weight is 291 g/mol. The Kier molecular flexibility index (Phi) is 4.58. The largest absolute Gasteiger partial charge is 0.508 e. The molecule has 2 aromatic carbocycles. The highest BCUT2D eigenvalue weighted by Crippen LogP contribution is 2.27. The molecule has 0 heterocycles. The van der Waals surface area contributed by atoms with Gasteiger partial charge in [-0.1, -0.05) is 23.8 Å². The zero-order chi connectivity index (χ0) is 15.6. The summed E-state index contributed by atoms with van der Waals surface area (Å²) in [6, 6.07) is 8.98. The van der Waals surface area contributed by atoms with E-state index in [0.29, 0.717) is 5.56 Å². The number of phenolic OH excluding ortho intramolecular Hbond substituents is 1. The van der Waals surface area contributed by atoms with E-state index in [9.17, 15) is 13.9 Å². The lowest BCUT2D eigenvalue weighted by Crippen LogP contribution is -2.22. The molecule has 2 atom stereocenters. The van der Waals surface area contributed by atoms with Gasteiger partial charge in [-0.05, 0) is 44.5 Å². The monoisotopic (exact) mass is 291 g/mol. The Balaban J connectivity index is 2.16. The van der Waals surface area contributed by atoms with E-state index in [1.807, 2.05) is 32.9 Å². The van der Waals surface area contributed by atoms with E-state index >= 15 is 0 Å². The van der Waals surface area contributed by atoms with Crippen molar-refractivity contribution in [3.63, 3.8) is 0 Å². The number of rotatable bonds is 4. The van der Waals surface area contributed by atoms with Gasteiger partial charge in [0.15, 0.2) is 11.6 Å². The molecule has 112 valence electrons. The number of nitrogens with one attached hydrogen (secondary N) is 1. The van der Waals surface area contributed by atoms with Gasteiger partial charge >= 0.3 is 0 Å². The van der Waals surface area contributed by atoms with Crippen LogP contribution in [0, 0.1) is 18.6 Å². The van der Waals surface area contributed by atoms with Crippen LogP contribution in [0.4, 0.5) is 8.78 Å². The number of hydrogen-bond donors (Lipinski definition) is 2. The van der Waals surface area contributed by atoms with Crippen molar-refractivity contribution < 1.29 is 13.9 Å². The van der Waals surface area contributed by atoms with Crippen LogP contribution in [0.15, 0.2) is 36.4 Å². The van der Waals surface area contributed by atoms with Crippen LogP contribution in [0.5, 0.6) is 5.75 Å². The van der Waals surface area contributed by atoms with Gasteiger partial charge < -0.3 is 10.4 Å². The zero-order valence-corrected chi connectivity index (χ0v) is 12.3. The van der Waals surface area contributed by atoms with Gasteiger partial charge in [-0.15, -0.1) is 0 Å². The Labute approximate surface area is 123 Å². The smallest absolute Gasteiger partial charge is 0.159 e. The summed E-state index contributed by atoms with van der Waals surface area (Å²) in [5.74, 6) is -1.49. The molecule has 2 unspecified atom stereocenters. The SMILES string of the molecule is Cc1ccc(O)c(C(C)NC(C)c2ccc(F)c(F)c2)c1. The summed E-state index contributed by atoms with van der Waals surface area (Å²) in [5.41, 5.74) is 2.49. The van der Waals surface area contributed by atoms with Crippen molar-refractivity contribution in [2.75, 3.05) is 0 Å². The second-order valence-electron chi connectivity index (χ2n) is 5.35. The van der Waals surface area contributed by atoms with Crippen LogP contribution < -0.4 is 5.32 Å². The minimum Gasteiger partial charge on any atom is -0.508 e. The molecule has 0 saturated heterocycles. The fraction of sp³-hybridized carbons (Fsp3) is 0.294. The molecular formula is C17H19F2NO. The Morgan fingerprint density at radius 3 is 2.33 bits per heavy atom. The van der Waals surface area contributed by atoms with Gasteiger partial charge in [0.25, 0.3) is 0 Å². The molecule has 0 fully saturated rings. The van der Waals surface area contributed by atoms with E-state index in [-0.39, 0.29) is 17.8 Å². The first-order chi connectivity index (χ1) is 9.88. The molecule has 0 aliphatic heterocycles. The van der Waals surface area contributed by atoms with Crippen molar-refractivity contribution in [1.82, 2.24) is 5.32 Å². The molecule has 0 aliphatic rings. The lowest BCUT2D eigenvalue weighted by Gasteiger charge is -2.22. The molecule has 2 nitrogen and oxygen atoms in total. The van der Waals surface area contributed by atoms with Crippen LogP contribution in [-0.4, -0.2) is 5.11 Å². The van der Waals surface area contributed by atoms with Crippen molar-refractivity contribution in [2.24, 2.45) is 0 Å². The summed E-state index contributed by atoms with van der Waals surface area (Å²) < 4.78 is 26.2. The highest BCUT2D eigenvalue weighted by molar-refractivity contribution is 5.38. The van der Waals surface area contributed by atoms with E-state index < -0.39 is 11.6 Å². The molecule has 4 heteroatoms. The summed E-state index contributed by atoms with van der Waals surface area (Å²) in [5, 5.41) is 13.2. The van der Waals surface area contributed by atoms with Crippen LogP contribution in [-0.2, 0) is 0 Å². The first-order valence-corrected chi connectivity index (χ1v) is 6.89. The van der Waals surface area contributed by atoms with Crippen molar-refractivity contribution in [3.8, 4) is 5.75 Å². The molecular weight excluding hydrogens is 272 g/mol. The molecule has 2 rings (SSSR count). The van der Waals surface area contributed by atoms with E-state index in [2.05, 4.69) is 5.32 Å². The van der Waals surface area contributed by atoms with Gasteiger partial charge in [-0.25, -0.2) is 8.78 Å². The number of halogens is 2. The summed E-state index contributed by atoms with van der Waals surface area (Å²) in [4.78, 5) is 0. The average Bonchev–Trinajstić information content (AvgIpc) is 2.44. The van der Waals surface area contributed by atoms with E-state index in [4.69, 9.17) is 0 Å². The predicted octanol–water partition coefficient (Wildman–Crippen LogP) is 4.39. The first kappa shape index (κ1) is 15.4. The highest BCUT2D eigenvalue weighted by atomic mass is 19.2. The molecule has 0 saturated carbocycles. The summed E-state index contributed by atoms with van der Waals surface area (Å²) in [7, 11) is 0. The van der Waals surface area contributed by atoms with Crippen molar-refractivity contribution in [1.29, 1.82) is 0 Å². The number of benzene rings is 2. The third kappa shape index (κ3) is 3.58. The van der Waals surface area contributed by atoms with Crippen LogP contribution >= 0.6 is 0 Å². The summed E-state index contributed by atoms with van der Waals surface area (Å²) in [6.07, 6.45) is 0. The molecule has 0 spiro atoms. The van der Waals surface area contributed by atoms with Gasteiger partial charge in [-0.3, -0.25) is 0 Å². The number of aryl methyl sites for hydroxylation is 1. The Bertz CT molecular complexity index is 643. The first-order valence-electron chi connectivity index (χ1n) is 6.89. The molecule has 0 amide bonds. The Morgan fingerprint density at radius 1 is 0.952 bits per heavy atom. The van der Waals surface area contributed by atoms with E-state index in [0.717, 1.165) is 17.2 Å². The van der Waals surface area contributed by atoms with Gasteiger partial charge in [0.05, 0.1) is 0 Å². The number of hydrogen-bond acceptors (Lipinski definition) is 2. The maximum atomic E-state index is 13.3. The Morgan fingerprint density at radius 2 is 1.67 bits per heavy atom. The fourth-order valence-electron chi connectivity index (χ4n) is 2.36. The van der Waals surface area contributed by atoms with Crippen LogP contribution in [0.2, 0.25) is 0 Å². The minimum atomic E-state index is -0.854. The predicted molar refractivity (Wildman–Crippen MR) is 79.2 cm³/mol. The van der Waals surface area contributed by atoms with E-state index in [1.165, 1.54) is 6.07 Å². The van der Waals surface area contributed by atoms with E-state index in [1.54, 1.807) is 12.1 Å². The highest BCUT2D eigenvalue weighted by Gasteiger charge is 2.15. The third-order valence-electron chi connectivity index (χ3n) is 3.59. The minimum absolute atomic E-state index is 0.118. The number of phenols is 1. The van der Waals surface area contributed by atoms with Gasteiger partial charge in [0, 0.05) is 17.6 Å². The maximum absolute atomic E-state index is 13.3. The van der Waals surface area contributed by atoms with Gasteiger partial charge in [0.1, 0.15) is 5.75 Å². The van der Waals surface area contributed by atoms with Gasteiger partial charge in [0.2, 0.25) is 0 Å². The molecule has 0 aromatic heterocycles. The quantitative estimate of drug-likeness (QED) is 0.875.